The number of anilines is 1. The van der Waals surface area contributed by atoms with Gasteiger partial charge in [0.25, 0.3) is 0 Å². The summed E-state index contributed by atoms with van der Waals surface area (Å²) in [5.41, 5.74) is 2.40. The number of hydrogen-bond donors (Lipinski definition) is 2. The van der Waals surface area contributed by atoms with Crippen LogP contribution in [0.4, 0.5) is 5.82 Å². The molecule has 0 saturated carbocycles. The molecule has 0 aliphatic rings. The summed E-state index contributed by atoms with van der Waals surface area (Å²) in [6.45, 7) is 4.43. The zero-order valence-corrected chi connectivity index (χ0v) is 13.4. The third kappa shape index (κ3) is 5.54. The molecule has 0 saturated heterocycles. The largest absolute Gasteiger partial charge is 0.354 e. The van der Waals surface area contributed by atoms with Crippen molar-refractivity contribution in [2.24, 2.45) is 0 Å². The molecule has 23 heavy (non-hydrogen) atoms. The minimum absolute atomic E-state index is 0.0723. The van der Waals surface area contributed by atoms with Crippen molar-refractivity contribution in [2.45, 2.75) is 33.2 Å². The molecule has 0 atom stereocenters. The van der Waals surface area contributed by atoms with Crippen molar-refractivity contribution in [3.05, 3.63) is 41.6 Å². The summed E-state index contributed by atoms with van der Waals surface area (Å²) in [5.74, 6) is 0.0688. The van der Waals surface area contributed by atoms with E-state index in [1.807, 2.05) is 6.92 Å². The second-order valence-electron chi connectivity index (χ2n) is 5.29. The Morgan fingerprint density at radius 2 is 1.91 bits per heavy atom. The second-order valence-corrected chi connectivity index (χ2v) is 5.29. The van der Waals surface area contributed by atoms with Gasteiger partial charge in [-0.3, -0.25) is 9.59 Å². The molecule has 0 aliphatic heterocycles. The third-order valence-corrected chi connectivity index (χ3v) is 3.29. The molecule has 0 unspecified atom stereocenters. The molecule has 2 rings (SSSR count). The average molecular weight is 315 g/mol. The highest BCUT2D eigenvalue weighted by molar-refractivity contribution is 5.89. The number of carbonyl (C=O) groups is 2. The van der Waals surface area contributed by atoms with Gasteiger partial charge < -0.3 is 10.6 Å². The summed E-state index contributed by atoms with van der Waals surface area (Å²) in [7, 11) is 0. The predicted molar refractivity (Wildman–Crippen MR) is 86.8 cm³/mol. The first-order chi connectivity index (χ1) is 11.1. The third-order valence-electron chi connectivity index (χ3n) is 3.29. The van der Waals surface area contributed by atoms with E-state index in [1.165, 1.54) is 22.0 Å². The first-order valence-corrected chi connectivity index (χ1v) is 7.59. The maximum atomic E-state index is 11.9. The first kappa shape index (κ1) is 16.7. The van der Waals surface area contributed by atoms with Crippen molar-refractivity contribution >= 4 is 17.6 Å². The number of benzene rings is 1. The summed E-state index contributed by atoms with van der Waals surface area (Å²) in [5, 5.41) is 13.0. The zero-order valence-electron chi connectivity index (χ0n) is 13.4. The molecular weight excluding hydrogens is 294 g/mol. The van der Waals surface area contributed by atoms with Gasteiger partial charge in [-0.05, 0) is 18.9 Å². The molecule has 0 aliphatic carbocycles. The van der Waals surface area contributed by atoms with Crippen LogP contribution >= 0.6 is 0 Å². The molecule has 2 amide bonds. The number of rotatable bonds is 7. The molecule has 0 bridgehead atoms. The number of hydrogen-bond acceptors (Lipinski definition) is 4. The summed E-state index contributed by atoms with van der Waals surface area (Å²) in [6.07, 6.45) is 2.68. The highest BCUT2D eigenvalue weighted by Crippen LogP contribution is 2.03. The van der Waals surface area contributed by atoms with Crippen LogP contribution in [0.15, 0.2) is 30.5 Å². The minimum atomic E-state index is -0.143. The van der Waals surface area contributed by atoms with E-state index < -0.39 is 0 Å². The SMILES string of the molecule is CCC(=O)Nc1cn(CC(=O)NCCc2ccc(C)cc2)nn1. The summed E-state index contributed by atoms with van der Waals surface area (Å²) in [4.78, 5) is 23.1. The minimum Gasteiger partial charge on any atom is -0.354 e. The summed E-state index contributed by atoms with van der Waals surface area (Å²) in [6, 6.07) is 8.22. The van der Waals surface area contributed by atoms with Crippen LogP contribution in [0.25, 0.3) is 0 Å². The lowest BCUT2D eigenvalue weighted by atomic mass is 10.1. The van der Waals surface area contributed by atoms with E-state index in [9.17, 15) is 9.59 Å². The fourth-order valence-electron chi connectivity index (χ4n) is 1.97. The van der Waals surface area contributed by atoms with Crippen molar-refractivity contribution in [3.63, 3.8) is 0 Å². The normalized spacial score (nSPS) is 10.3. The maximum absolute atomic E-state index is 11.9. The van der Waals surface area contributed by atoms with Crippen LogP contribution in [0.5, 0.6) is 0 Å². The number of carbonyl (C=O) groups excluding carboxylic acids is 2. The monoisotopic (exact) mass is 315 g/mol. The Morgan fingerprint density at radius 3 is 2.61 bits per heavy atom. The Bertz CT molecular complexity index is 663. The van der Waals surface area contributed by atoms with Crippen LogP contribution in [-0.4, -0.2) is 33.4 Å². The highest BCUT2D eigenvalue weighted by Gasteiger charge is 2.07. The second kappa shape index (κ2) is 8.07. The first-order valence-electron chi connectivity index (χ1n) is 7.59. The average Bonchev–Trinajstić information content (AvgIpc) is 2.96. The van der Waals surface area contributed by atoms with Crippen molar-refractivity contribution in [2.75, 3.05) is 11.9 Å². The fourth-order valence-corrected chi connectivity index (χ4v) is 1.97. The van der Waals surface area contributed by atoms with Crippen LogP contribution in [0.3, 0.4) is 0 Å². The molecule has 122 valence electrons. The van der Waals surface area contributed by atoms with Gasteiger partial charge in [0, 0.05) is 13.0 Å². The van der Waals surface area contributed by atoms with E-state index in [2.05, 4.69) is 45.2 Å². The smallest absolute Gasteiger partial charge is 0.241 e. The number of nitrogens with zero attached hydrogens (tertiary/aromatic N) is 3. The van der Waals surface area contributed by atoms with Gasteiger partial charge in [0.2, 0.25) is 11.8 Å². The quantitative estimate of drug-likeness (QED) is 0.806. The molecular formula is C16H21N5O2. The van der Waals surface area contributed by atoms with E-state index in [4.69, 9.17) is 0 Å². The molecule has 0 spiro atoms. The Morgan fingerprint density at radius 1 is 1.17 bits per heavy atom. The predicted octanol–water partition coefficient (Wildman–Crippen LogP) is 1.29. The van der Waals surface area contributed by atoms with Gasteiger partial charge >= 0.3 is 0 Å². The van der Waals surface area contributed by atoms with Crippen molar-refractivity contribution in [1.82, 2.24) is 20.3 Å². The Kier molecular flexibility index (Phi) is 5.85. The van der Waals surface area contributed by atoms with Crippen LogP contribution in [0, 0.1) is 6.92 Å². The van der Waals surface area contributed by atoms with Gasteiger partial charge in [0.15, 0.2) is 5.82 Å². The molecule has 2 aromatic rings. The molecule has 0 radical (unpaired) electrons. The van der Waals surface area contributed by atoms with Crippen molar-refractivity contribution in [1.29, 1.82) is 0 Å². The number of aryl methyl sites for hydroxylation is 1. The van der Waals surface area contributed by atoms with Crippen LogP contribution in [0.2, 0.25) is 0 Å². The molecule has 0 fully saturated rings. The Hall–Kier alpha value is -2.70. The number of nitrogens with one attached hydrogen (secondary N) is 2. The lowest BCUT2D eigenvalue weighted by molar-refractivity contribution is -0.121. The van der Waals surface area contributed by atoms with Crippen LogP contribution in [0.1, 0.15) is 24.5 Å². The van der Waals surface area contributed by atoms with Gasteiger partial charge in [-0.2, -0.15) is 0 Å². The van der Waals surface area contributed by atoms with Gasteiger partial charge in [-0.1, -0.05) is 42.0 Å². The lowest BCUT2D eigenvalue weighted by Crippen LogP contribution is -2.29. The maximum Gasteiger partial charge on any atom is 0.241 e. The molecule has 7 heteroatoms. The molecule has 1 aromatic heterocycles. The van der Waals surface area contributed by atoms with Crippen LogP contribution in [-0.2, 0) is 22.6 Å². The molecule has 1 heterocycles. The van der Waals surface area contributed by atoms with E-state index in [-0.39, 0.29) is 18.4 Å². The van der Waals surface area contributed by atoms with E-state index in [1.54, 1.807) is 6.92 Å². The summed E-state index contributed by atoms with van der Waals surface area (Å²) < 4.78 is 1.40. The van der Waals surface area contributed by atoms with Crippen molar-refractivity contribution < 1.29 is 9.59 Å². The fraction of sp³-hybridized carbons (Fsp3) is 0.375. The number of aromatic nitrogens is 3. The summed E-state index contributed by atoms with van der Waals surface area (Å²) >= 11 is 0. The van der Waals surface area contributed by atoms with Crippen molar-refractivity contribution in [3.8, 4) is 0 Å². The Balaban J connectivity index is 1.74. The van der Waals surface area contributed by atoms with E-state index >= 15 is 0 Å². The van der Waals surface area contributed by atoms with Gasteiger partial charge in [0.05, 0.1) is 6.20 Å². The molecule has 2 N–H and O–H groups in total. The van der Waals surface area contributed by atoms with E-state index in [0.717, 1.165) is 6.42 Å². The number of amides is 2. The van der Waals surface area contributed by atoms with Gasteiger partial charge in [-0.25, -0.2) is 4.68 Å². The topological polar surface area (TPSA) is 88.9 Å². The lowest BCUT2D eigenvalue weighted by Gasteiger charge is -2.05. The Labute approximate surface area is 135 Å². The standard InChI is InChI=1S/C16H21N5O2/c1-3-15(22)18-14-10-21(20-19-14)11-16(23)17-9-8-13-6-4-12(2)5-7-13/h4-7,10H,3,8-9,11H2,1-2H3,(H,17,23)(H,18,22). The van der Waals surface area contributed by atoms with E-state index in [0.29, 0.717) is 18.8 Å². The zero-order chi connectivity index (χ0) is 16.7. The molecule has 1 aromatic carbocycles. The molecule has 7 nitrogen and oxygen atoms in total. The van der Waals surface area contributed by atoms with Gasteiger partial charge in [-0.15, -0.1) is 5.10 Å². The van der Waals surface area contributed by atoms with Gasteiger partial charge in [0.1, 0.15) is 6.54 Å². The van der Waals surface area contributed by atoms with Crippen LogP contribution < -0.4 is 10.6 Å². The highest BCUT2D eigenvalue weighted by atomic mass is 16.2.